The van der Waals surface area contributed by atoms with E-state index in [0.717, 1.165) is 6.20 Å². The third kappa shape index (κ3) is 3.62. The fraction of sp³-hybridized carbons (Fsp3) is 0.650. The SMILES string of the molecule is O=C(Cc1ccc(F)cn1)N1CC[C@H]2OCC[C@@]2(C(=O)N2CCC(F)CC2)C1. The Bertz CT molecular complexity index is 737. The van der Waals surface area contributed by atoms with E-state index in [2.05, 4.69) is 4.98 Å². The third-order valence-corrected chi connectivity index (χ3v) is 6.23. The van der Waals surface area contributed by atoms with E-state index in [4.69, 9.17) is 4.74 Å². The van der Waals surface area contributed by atoms with Crippen molar-refractivity contribution in [3.8, 4) is 0 Å². The molecule has 28 heavy (non-hydrogen) atoms. The number of hydrogen-bond donors (Lipinski definition) is 0. The maximum atomic E-state index is 13.5. The monoisotopic (exact) mass is 393 g/mol. The minimum Gasteiger partial charge on any atom is -0.377 e. The summed E-state index contributed by atoms with van der Waals surface area (Å²) in [5.74, 6) is -0.583. The van der Waals surface area contributed by atoms with Crippen molar-refractivity contribution in [1.82, 2.24) is 14.8 Å². The van der Waals surface area contributed by atoms with Gasteiger partial charge in [0.05, 0.1) is 24.1 Å². The number of amides is 2. The fourth-order valence-corrected chi connectivity index (χ4v) is 4.61. The Labute approximate surface area is 162 Å². The van der Waals surface area contributed by atoms with Gasteiger partial charge in [0.15, 0.2) is 0 Å². The molecule has 0 saturated carbocycles. The van der Waals surface area contributed by atoms with Gasteiger partial charge in [-0.2, -0.15) is 0 Å². The first kappa shape index (κ1) is 19.2. The van der Waals surface area contributed by atoms with Crippen LogP contribution in [0.1, 0.15) is 31.4 Å². The predicted octanol–water partition coefficient (Wildman–Crippen LogP) is 1.73. The van der Waals surface area contributed by atoms with Gasteiger partial charge in [0.2, 0.25) is 11.8 Å². The summed E-state index contributed by atoms with van der Waals surface area (Å²) in [6.45, 7) is 2.17. The first-order valence-electron chi connectivity index (χ1n) is 9.91. The molecule has 4 heterocycles. The van der Waals surface area contributed by atoms with Gasteiger partial charge in [-0.1, -0.05) is 0 Å². The lowest BCUT2D eigenvalue weighted by molar-refractivity contribution is -0.155. The summed E-state index contributed by atoms with van der Waals surface area (Å²) in [6.07, 6.45) is 2.04. The highest BCUT2D eigenvalue weighted by Gasteiger charge is 2.55. The Morgan fingerprint density at radius 1 is 1.18 bits per heavy atom. The van der Waals surface area contributed by atoms with E-state index in [1.165, 1.54) is 12.1 Å². The Balaban J connectivity index is 1.47. The van der Waals surface area contributed by atoms with Gasteiger partial charge in [0.1, 0.15) is 12.0 Å². The van der Waals surface area contributed by atoms with Gasteiger partial charge in [-0.15, -0.1) is 0 Å². The Morgan fingerprint density at radius 2 is 1.93 bits per heavy atom. The van der Waals surface area contributed by atoms with E-state index in [-0.39, 0.29) is 24.3 Å². The molecule has 4 rings (SSSR count). The molecule has 3 aliphatic rings. The largest absolute Gasteiger partial charge is 0.377 e. The molecular weight excluding hydrogens is 368 g/mol. The van der Waals surface area contributed by atoms with E-state index in [9.17, 15) is 18.4 Å². The normalized spacial score (nSPS) is 28.3. The summed E-state index contributed by atoms with van der Waals surface area (Å²) >= 11 is 0. The number of aromatic nitrogens is 1. The summed E-state index contributed by atoms with van der Waals surface area (Å²) in [5, 5.41) is 0. The number of alkyl halides is 1. The van der Waals surface area contributed by atoms with Gasteiger partial charge in [-0.3, -0.25) is 14.6 Å². The van der Waals surface area contributed by atoms with Crippen LogP contribution in [-0.4, -0.2) is 71.7 Å². The van der Waals surface area contributed by atoms with Crippen LogP contribution in [0.15, 0.2) is 18.3 Å². The summed E-state index contributed by atoms with van der Waals surface area (Å²) in [7, 11) is 0. The van der Waals surface area contributed by atoms with E-state index in [0.29, 0.717) is 64.2 Å². The van der Waals surface area contributed by atoms with Crippen molar-refractivity contribution in [3.05, 3.63) is 29.8 Å². The molecule has 0 spiro atoms. The fourth-order valence-electron chi connectivity index (χ4n) is 4.61. The number of carbonyl (C=O) groups excluding carboxylic acids is 2. The van der Waals surface area contributed by atoms with Crippen LogP contribution in [0.4, 0.5) is 8.78 Å². The first-order chi connectivity index (χ1) is 13.5. The van der Waals surface area contributed by atoms with Crippen LogP contribution in [-0.2, 0) is 20.7 Å². The van der Waals surface area contributed by atoms with Gasteiger partial charge in [0, 0.05) is 38.5 Å². The number of piperidine rings is 2. The van der Waals surface area contributed by atoms with E-state index < -0.39 is 17.4 Å². The molecule has 0 bridgehead atoms. The molecule has 3 saturated heterocycles. The molecule has 0 N–H and O–H groups in total. The van der Waals surface area contributed by atoms with Crippen LogP contribution in [0, 0.1) is 11.2 Å². The van der Waals surface area contributed by atoms with Crippen molar-refractivity contribution in [2.24, 2.45) is 5.41 Å². The second kappa shape index (κ2) is 7.73. The molecule has 8 heteroatoms. The lowest BCUT2D eigenvalue weighted by atomic mass is 9.75. The van der Waals surface area contributed by atoms with Crippen molar-refractivity contribution >= 4 is 11.8 Å². The molecule has 152 valence electrons. The van der Waals surface area contributed by atoms with Crippen LogP contribution in [0.5, 0.6) is 0 Å². The zero-order chi connectivity index (χ0) is 19.7. The van der Waals surface area contributed by atoms with Crippen LogP contribution >= 0.6 is 0 Å². The molecule has 0 radical (unpaired) electrons. The van der Waals surface area contributed by atoms with Crippen LogP contribution in [0.2, 0.25) is 0 Å². The number of hydrogen-bond acceptors (Lipinski definition) is 4. The molecule has 0 unspecified atom stereocenters. The number of likely N-dealkylation sites (tertiary alicyclic amines) is 2. The molecule has 3 fully saturated rings. The van der Waals surface area contributed by atoms with Crippen molar-refractivity contribution in [1.29, 1.82) is 0 Å². The maximum Gasteiger partial charge on any atom is 0.233 e. The van der Waals surface area contributed by atoms with Crippen molar-refractivity contribution in [3.63, 3.8) is 0 Å². The molecule has 0 aliphatic carbocycles. The number of carbonyl (C=O) groups is 2. The second-order valence-corrected chi connectivity index (χ2v) is 7.98. The van der Waals surface area contributed by atoms with Gasteiger partial charge in [-0.25, -0.2) is 8.78 Å². The van der Waals surface area contributed by atoms with Crippen molar-refractivity contribution in [2.75, 3.05) is 32.8 Å². The Kier molecular flexibility index (Phi) is 5.31. The lowest BCUT2D eigenvalue weighted by Gasteiger charge is -2.45. The quantitative estimate of drug-likeness (QED) is 0.785. The van der Waals surface area contributed by atoms with Crippen molar-refractivity contribution < 1.29 is 23.1 Å². The molecule has 0 aromatic carbocycles. The maximum absolute atomic E-state index is 13.5. The standard InChI is InChI=1S/C20H25F2N3O3/c21-14-3-7-24(8-4-14)19(27)20-6-10-28-17(20)5-9-25(13-20)18(26)11-16-2-1-15(22)12-23-16/h1-2,12,14,17H,3-11,13H2/t17-,20-/m1/s1. The first-order valence-corrected chi connectivity index (χ1v) is 9.91. The van der Waals surface area contributed by atoms with Gasteiger partial charge < -0.3 is 14.5 Å². The lowest BCUT2D eigenvalue weighted by Crippen LogP contribution is -2.60. The minimum absolute atomic E-state index is 0.0145. The zero-order valence-electron chi connectivity index (χ0n) is 15.8. The van der Waals surface area contributed by atoms with Crippen LogP contribution < -0.4 is 0 Å². The molecular formula is C20H25F2N3O3. The number of pyridine rings is 1. The smallest absolute Gasteiger partial charge is 0.233 e. The van der Waals surface area contributed by atoms with Gasteiger partial charge in [0.25, 0.3) is 0 Å². The van der Waals surface area contributed by atoms with E-state index >= 15 is 0 Å². The Hall–Kier alpha value is -2.09. The number of halogens is 2. The summed E-state index contributed by atoms with van der Waals surface area (Å²) < 4.78 is 32.4. The summed E-state index contributed by atoms with van der Waals surface area (Å²) in [6, 6.07) is 2.78. The molecule has 6 nitrogen and oxygen atoms in total. The molecule has 1 aromatic rings. The van der Waals surface area contributed by atoms with Gasteiger partial charge in [-0.05, 0) is 37.8 Å². The Morgan fingerprint density at radius 3 is 2.64 bits per heavy atom. The molecule has 2 amide bonds. The van der Waals surface area contributed by atoms with E-state index in [1.807, 2.05) is 0 Å². The van der Waals surface area contributed by atoms with Crippen molar-refractivity contribution in [2.45, 2.75) is 44.4 Å². The average molecular weight is 393 g/mol. The topological polar surface area (TPSA) is 62.7 Å². The number of fused-ring (bicyclic) bond motifs is 1. The minimum atomic E-state index is -0.843. The van der Waals surface area contributed by atoms with Crippen LogP contribution in [0.25, 0.3) is 0 Å². The van der Waals surface area contributed by atoms with Crippen LogP contribution in [0.3, 0.4) is 0 Å². The number of nitrogens with zero attached hydrogens (tertiary/aromatic N) is 3. The highest BCUT2D eigenvalue weighted by atomic mass is 19.1. The third-order valence-electron chi connectivity index (χ3n) is 6.23. The average Bonchev–Trinajstić information content (AvgIpc) is 3.14. The predicted molar refractivity (Wildman–Crippen MR) is 96.6 cm³/mol. The number of ether oxygens (including phenoxy) is 1. The summed E-state index contributed by atoms with van der Waals surface area (Å²) in [5.41, 5.74) is -0.241. The van der Waals surface area contributed by atoms with Gasteiger partial charge >= 0.3 is 0 Å². The highest BCUT2D eigenvalue weighted by Crippen LogP contribution is 2.43. The number of rotatable bonds is 3. The second-order valence-electron chi connectivity index (χ2n) is 7.98. The molecule has 2 atom stereocenters. The molecule has 3 aliphatic heterocycles. The zero-order valence-corrected chi connectivity index (χ0v) is 15.8. The highest BCUT2D eigenvalue weighted by molar-refractivity contribution is 5.86. The van der Waals surface area contributed by atoms with E-state index in [1.54, 1.807) is 9.80 Å². The summed E-state index contributed by atoms with van der Waals surface area (Å²) in [4.78, 5) is 33.6. The molecule has 1 aromatic heterocycles.